The molecule has 2 N–H and O–H groups in total. The van der Waals surface area contributed by atoms with E-state index >= 15 is 0 Å². The van der Waals surface area contributed by atoms with E-state index in [1.165, 1.54) is 6.92 Å². The number of carboxylic acids is 1. The van der Waals surface area contributed by atoms with Crippen molar-refractivity contribution in [3.63, 3.8) is 0 Å². The third-order valence-electron chi connectivity index (χ3n) is 6.47. The van der Waals surface area contributed by atoms with Crippen LogP contribution in [0.25, 0.3) is 0 Å². The van der Waals surface area contributed by atoms with Crippen LogP contribution in [0.2, 0.25) is 0 Å². The lowest BCUT2D eigenvalue weighted by Crippen LogP contribution is -2.59. The standard InChI is InChI=1S/C24H43N3O4/c1-9-18(7)27-13-11-10-12-19(27)22(28)25-21(16(4)5)23(29)26(8)20(15(2)3)14-17(6)24(30)31/h14-16,18-21H,9-13H2,1-8H3,(H,25,28)(H,30,31)/b17-14+/t18?,19-,20-,21?/m1/s1. The number of carbonyl (C=O) groups is 3. The summed E-state index contributed by atoms with van der Waals surface area (Å²) in [6.45, 7) is 14.5. The van der Waals surface area contributed by atoms with Crippen molar-refractivity contribution in [2.24, 2.45) is 11.8 Å². The van der Waals surface area contributed by atoms with Gasteiger partial charge in [0.1, 0.15) is 6.04 Å². The predicted molar refractivity (Wildman–Crippen MR) is 124 cm³/mol. The number of carbonyl (C=O) groups excluding carboxylic acids is 2. The van der Waals surface area contributed by atoms with Gasteiger partial charge in [0.2, 0.25) is 11.8 Å². The van der Waals surface area contributed by atoms with Gasteiger partial charge < -0.3 is 15.3 Å². The molecule has 31 heavy (non-hydrogen) atoms. The fraction of sp³-hybridized carbons (Fsp3) is 0.792. The largest absolute Gasteiger partial charge is 0.478 e. The molecule has 2 unspecified atom stereocenters. The van der Waals surface area contributed by atoms with Gasteiger partial charge in [-0.25, -0.2) is 4.79 Å². The van der Waals surface area contributed by atoms with E-state index in [-0.39, 0.29) is 41.3 Å². The van der Waals surface area contributed by atoms with E-state index in [4.69, 9.17) is 0 Å². The summed E-state index contributed by atoms with van der Waals surface area (Å²) in [5.41, 5.74) is 0.204. The molecule has 0 bridgehead atoms. The Morgan fingerprint density at radius 1 is 1.13 bits per heavy atom. The molecule has 0 aromatic rings. The van der Waals surface area contributed by atoms with Crippen LogP contribution < -0.4 is 5.32 Å². The van der Waals surface area contributed by atoms with Crippen LogP contribution in [-0.4, -0.2) is 70.4 Å². The molecular formula is C24H43N3O4. The van der Waals surface area contributed by atoms with Crippen LogP contribution in [0.3, 0.4) is 0 Å². The van der Waals surface area contributed by atoms with Crippen LogP contribution in [0.15, 0.2) is 11.6 Å². The van der Waals surface area contributed by atoms with Gasteiger partial charge in [0.05, 0.1) is 12.1 Å². The number of rotatable bonds is 10. The number of hydrogen-bond donors (Lipinski definition) is 2. The minimum atomic E-state index is -0.998. The van der Waals surface area contributed by atoms with Crippen LogP contribution in [0, 0.1) is 11.8 Å². The van der Waals surface area contributed by atoms with Gasteiger partial charge >= 0.3 is 5.97 Å². The SMILES string of the molecule is CCC(C)N1CCCC[C@@H]1C(=O)NC(C(=O)N(C)[C@H](/C=C(\C)C(=O)O)C(C)C)C(C)C. The Labute approximate surface area is 188 Å². The van der Waals surface area contributed by atoms with Crippen molar-refractivity contribution in [1.29, 1.82) is 0 Å². The summed E-state index contributed by atoms with van der Waals surface area (Å²) >= 11 is 0. The molecule has 7 heteroatoms. The molecule has 4 atom stereocenters. The van der Waals surface area contributed by atoms with E-state index in [2.05, 4.69) is 24.1 Å². The summed E-state index contributed by atoms with van der Waals surface area (Å²) < 4.78 is 0. The zero-order valence-electron chi connectivity index (χ0n) is 20.6. The molecule has 1 heterocycles. The highest BCUT2D eigenvalue weighted by atomic mass is 16.4. The monoisotopic (exact) mass is 437 g/mol. The van der Waals surface area contributed by atoms with E-state index in [1.54, 1.807) is 18.0 Å². The van der Waals surface area contributed by atoms with Crippen molar-refractivity contribution in [1.82, 2.24) is 15.1 Å². The molecule has 0 aromatic carbocycles. The van der Waals surface area contributed by atoms with Crippen LogP contribution in [0.1, 0.15) is 74.1 Å². The van der Waals surface area contributed by atoms with E-state index in [9.17, 15) is 19.5 Å². The maximum absolute atomic E-state index is 13.4. The minimum absolute atomic E-state index is 0.0333. The predicted octanol–water partition coefficient (Wildman–Crippen LogP) is 3.29. The number of hydrogen-bond acceptors (Lipinski definition) is 4. The van der Waals surface area contributed by atoms with Crippen molar-refractivity contribution in [3.8, 4) is 0 Å². The molecule has 0 aromatic heterocycles. The summed E-state index contributed by atoms with van der Waals surface area (Å²) in [5, 5.41) is 12.3. The maximum Gasteiger partial charge on any atom is 0.331 e. The Morgan fingerprint density at radius 2 is 1.74 bits per heavy atom. The number of carboxylic acid groups (broad SMARTS) is 1. The molecular weight excluding hydrogens is 394 g/mol. The van der Waals surface area contributed by atoms with Gasteiger partial charge in [0.15, 0.2) is 0 Å². The summed E-state index contributed by atoms with van der Waals surface area (Å²) in [7, 11) is 1.69. The second kappa shape index (κ2) is 12.2. The first-order chi connectivity index (χ1) is 14.4. The third-order valence-corrected chi connectivity index (χ3v) is 6.47. The molecule has 7 nitrogen and oxygen atoms in total. The van der Waals surface area contributed by atoms with Crippen molar-refractivity contribution in [2.45, 2.75) is 98.3 Å². The molecule has 2 amide bonds. The first-order valence-corrected chi connectivity index (χ1v) is 11.7. The highest BCUT2D eigenvalue weighted by Gasteiger charge is 2.36. The number of likely N-dealkylation sites (tertiary alicyclic amines) is 1. The Bertz CT molecular complexity index is 659. The lowest BCUT2D eigenvalue weighted by Gasteiger charge is -2.40. The Morgan fingerprint density at radius 3 is 2.23 bits per heavy atom. The van der Waals surface area contributed by atoms with Crippen LogP contribution in [-0.2, 0) is 14.4 Å². The highest BCUT2D eigenvalue weighted by Crippen LogP contribution is 2.22. The van der Waals surface area contributed by atoms with E-state index in [0.29, 0.717) is 6.04 Å². The molecule has 0 spiro atoms. The minimum Gasteiger partial charge on any atom is -0.478 e. The topological polar surface area (TPSA) is 90.0 Å². The Balaban J connectivity index is 3.06. The lowest BCUT2D eigenvalue weighted by molar-refractivity contribution is -0.140. The number of nitrogens with zero attached hydrogens (tertiary/aromatic N) is 2. The molecule has 1 fully saturated rings. The molecule has 178 valence electrons. The average Bonchev–Trinajstić information content (AvgIpc) is 2.73. The highest BCUT2D eigenvalue weighted by molar-refractivity contribution is 5.90. The number of piperidine rings is 1. The van der Waals surface area contributed by atoms with Gasteiger partial charge in [-0.05, 0) is 51.5 Å². The van der Waals surface area contributed by atoms with E-state index in [0.717, 1.165) is 32.2 Å². The average molecular weight is 438 g/mol. The summed E-state index contributed by atoms with van der Waals surface area (Å²) in [6.07, 6.45) is 5.51. The normalized spacial score (nSPS) is 21.0. The van der Waals surface area contributed by atoms with Crippen molar-refractivity contribution in [3.05, 3.63) is 11.6 Å². The number of aliphatic carboxylic acids is 1. The van der Waals surface area contributed by atoms with Gasteiger partial charge in [0, 0.05) is 18.7 Å². The molecule has 1 aliphatic heterocycles. The lowest BCUT2D eigenvalue weighted by atomic mass is 9.95. The molecule has 1 aliphatic rings. The van der Waals surface area contributed by atoms with Gasteiger partial charge in [-0.15, -0.1) is 0 Å². The molecule has 1 saturated heterocycles. The van der Waals surface area contributed by atoms with E-state index in [1.807, 2.05) is 27.7 Å². The second-order valence-corrected chi connectivity index (χ2v) is 9.58. The number of likely N-dealkylation sites (N-methyl/N-ethyl adjacent to an activating group) is 1. The molecule has 1 rings (SSSR count). The van der Waals surface area contributed by atoms with Crippen molar-refractivity contribution in [2.75, 3.05) is 13.6 Å². The van der Waals surface area contributed by atoms with Gasteiger partial charge in [-0.3, -0.25) is 14.5 Å². The van der Waals surface area contributed by atoms with Gasteiger partial charge in [-0.1, -0.05) is 47.1 Å². The first-order valence-electron chi connectivity index (χ1n) is 11.7. The van der Waals surface area contributed by atoms with Crippen LogP contribution in [0.5, 0.6) is 0 Å². The quantitative estimate of drug-likeness (QED) is 0.512. The van der Waals surface area contributed by atoms with Crippen molar-refractivity contribution < 1.29 is 19.5 Å². The Kier molecular flexibility index (Phi) is 10.7. The first kappa shape index (κ1) is 27.1. The Hall–Kier alpha value is -1.89. The maximum atomic E-state index is 13.4. The zero-order valence-corrected chi connectivity index (χ0v) is 20.6. The smallest absolute Gasteiger partial charge is 0.331 e. The summed E-state index contributed by atoms with van der Waals surface area (Å²) in [4.78, 5) is 41.8. The second-order valence-electron chi connectivity index (χ2n) is 9.58. The fourth-order valence-corrected chi connectivity index (χ4v) is 4.21. The summed E-state index contributed by atoms with van der Waals surface area (Å²) in [5.74, 6) is -1.33. The summed E-state index contributed by atoms with van der Waals surface area (Å²) in [6, 6.07) is -0.912. The van der Waals surface area contributed by atoms with Crippen LogP contribution in [0.4, 0.5) is 0 Å². The van der Waals surface area contributed by atoms with Crippen LogP contribution >= 0.6 is 0 Å². The third kappa shape index (κ3) is 7.34. The number of nitrogens with one attached hydrogen (secondary N) is 1. The fourth-order valence-electron chi connectivity index (χ4n) is 4.21. The molecule has 0 saturated carbocycles. The number of amides is 2. The van der Waals surface area contributed by atoms with Crippen molar-refractivity contribution >= 4 is 17.8 Å². The van der Waals surface area contributed by atoms with E-state index < -0.39 is 12.0 Å². The van der Waals surface area contributed by atoms with Gasteiger partial charge in [0.25, 0.3) is 0 Å². The molecule has 0 aliphatic carbocycles. The van der Waals surface area contributed by atoms with Gasteiger partial charge in [-0.2, -0.15) is 0 Å². The zero-order chi connectivity index (χ0) is 23.9. The molecule has 0 radical (unpaired) electrons.